The zero-order valence-electron chi connectivity index (χ0n) is 32.9. The summed E-state index contributed by atoms with van der Waals surface area (Å²) in [7, 11) is -0.728. The van der Waals surface area contributed by atoms with Crippen LogP contribution >= 0.6 is 0 Å². The maximum atomic E-state index is 2.51. The van der Waals surface area contributed by atoms with Crippen molar-refractivity contribution < 1.29 is 0 Å². The lowest BCUT2D eigenvalue weighted by Crippen LogP contribution is -2.21. The maximum Gasteiger partial charge on any atom is 0.0892 e. The summed E-state index contributed by atoms with van der Waals surface area (Å²) in [5.41, 5.74) is 14.1. The highest BCUT2D eigenvalue weighted by Gasteiger charge is 2.23. The fourth-order valence-electron chi connectivity index (χ4n) is 10.4. The molecule has 0 atom stereocenters. The summed E-state index contributed by atoms with van der Waals surface area (Å²) >= 11 is 0. The molecule has 0 aliphatic carbocycles. The van der Waals surface area contributed by atoms with Crippen LogP contribution in [0.3, 0.4) is 0 Å². The van der Waals surface area contributed by atoms with E-state index in [4.69, 9.17) is 0 Å². The zero-order valence-corrected chi connectivity index (χ0v) is 34.3. The molecule has 11 aromatic carbocycles. The summed E-state index contributed by atoms with van der Waals surface area (Å²) in [6, 6.07) is 79.5. The number of fused-ring (bicyclic) bond motifs is 11. The van der Waals surface area contributed by atoms with Gasteiger partial charge in [0.05, 0.1) is 20.6 Å². The molecule has 0 radical (unpaired) electrons. The molecular formula is C58H37NSi. The Balaban J connectivity index is 0.963. The average molecular weight is 776 g/mol. The number of benzene rings is 11. The molecule has 0 amide bonds. The minimum Gasteiger partial charge on any atom is -0.309 e. The fourth-order valence-corrected chi connectivity index (χ4v) is 12.4. The van der Waals surface area contributed by atoms with Gasteiger partial charge in [0, 0.05) is 16.5 Å². The number of hydrogen-bond donors (Lipinski definition) is 0. The minimum absolute atomic E-state index is 0.728. The van der Waals surface area contributed by atoms with Gasteiger partial charge in [-0.05, 0) is 130 Å². The first-order valence-electron chi connectivity index (χ1n) is 21.0. The van der Waals surface area contributed by atoms with Gasteiger partial charge in [-0.3, -0.25) is 0 Å². The van der Waals surface area contributed by atoms with Gasteiger partial charge in [-0.1, -0.05) is 180 Å². The van der Waals surface area contributed by atoms with E-state index in [1.54, 1.807) is 0 Å². The Kier molecular flexibility index (Phi) is 7.24. The van der Waals surface area contributed by atoms with Crippen LogP contribution in [-0.2, 0) is 0 Å². The first-order chi connectivity index (χ1) is 29.7. The molecule has 0 N–H and O–H groups in total. The fraction of sp³-hybridized carbons (Fsp3) is 0. The normalized spacial score (nSPS) is 12.7. The topological polar surface area (TPSA) is 4.93 Å². The molecule has 0 saturated carbocycles. The molecular weight excluding hydrogens is 739 g/mol. The molecule has 0 saturated heterocycles. The van der Waals surface area contributed by atoms with Crippen LogP contribution < -0.4 is 10.4 Å². The maximum absolute atomic E-state index is 2.51. The molecule has 2 heterocycles. The van der Waals surface area contributed by atoms with Crippen LogP contribution in [-0.4, -0.2) is 14.1 Å². The Hall–Kier alpha value is -7.52. The predicted molar refractivity (Wildman–Crippen MR) is 260 cm³/mol. The van der Waals surface area contributed by atoms with Crippen molar-refractivity contribution in [2.24, 2.45) is 0 Å². The standard InChI is InChI=1S/C58H37NSi/c1-4-16-43-36(11-1)14-9-21-45(43)39-24-29-55-53(32-39)54-33-40(46-22-10-15-37-12-2-5-17-44(37)46)25-30-56(54)59(55)42-26-28-51-50-27-23-41(34-57(50)60-58(51)35-42)52-31-38-13-3-6-18-47(38)48-19-7-8-20-49(48)52/h1-35H,60H2. The summed E-state index contributed by atoms with van der Waals surface area (Å²) in [4.78, 5) is 0. The van der Waals surface area contributed by atoms with Crippen molar-refractivity contribution in [3.63, 3.8) is 0 Å². The number of rotatable bonds is 4. The van der Waals surface area contributed by atoms with E-state index in [0.29, 0.717) is 0 Å². The first kappa shape index (κ1) is 33.4. The molecule has 1 aliphatic heterocycles. The van der Waals surface area contributed by atoms with E-state index in [9.17, 15) is 0 Å². The van der Waals surface area contributed by atoms with Gasteiger partial charge in [0.15, 0.2) is 0 Å². The van der Waals surface area contributed by atoms with E-state index in [-0.39, 0.29) is 0 Å². The van der Waals surface area contributed by atoms with Gasteiger partial charge in [0.25, 0.3) is 0 Å². The van der Waals surface area contributed by atoms with Gasteiger partial charge >= 0.3 is 0 Å². The molecule has 1 aromatic heterocycles. The Bertz CT molecular complexity index is 3610. The highest BCUT2D eigenvalue weighted by Crippen LogP contribution is 2.41. The van der Waals surface area contributed by atoms with Crippen molar-refractivity contribution in [3.8, 4) is 50.2 Å². The van der Waals surface area contributed by atoms with E-state index < -0.39 is 9.52 Å². The Morgan fingerprint density at radius 2 is 0.750 bits per heavy atom. The molecule has 0 fully saturated rings. The minimum atomic E-state index is -0.728. The second-order valence-corrected chi connectivity index (χ2v) is 18.3. The van der Waals surface area contributed by atoms with Crippen molar-refractivity contribution in [1.29, 1.82) is 0 Å². The number of aromatic nitrogens is 1. The van der Waals surface area contributed by atoms with Crippen LogP contribution in [0.2, 0.25) is 0 Å². The van der Waals surface area contributed by atoms with Gasteiger partial charge in [-0.25, -0.2) is 0 Å². The molecule has 60 heavy (non-hydrogen) atoms. The van der Waals surface area contributed by atoms with Crippen molar-refractivity contribution in [3.05, 3.63) is 212 Å². The van der Waals surface area contributed by atoms with Gasteiger partial charge in [0.1, 0.15) is 0 Å². The van der Waals surface area contributed by atoms with Crippen LogP contribution in [0.1, 0.15) is 0 Å². The molecule has 1 aliphatic rings. The lowest BCUT2D eigenvalue weighted by Gasteiger charge is -2.12. The largest absolute Gasteiger partial charge is 0.309 e. The lowest BCUT2D eigenvalue weighted by molar-refractivity contribution is 1.18. The Morgan fingerprint density at radius 1 is 0.267 bits per heavy atom. The molecule has 13 rings (SSSR count). The second kappa shape index (κ2) is 13.0. The van der Waals surface area contributed by atoms with Crippen molar-refractivity contribution in [2.75, 3.05) is 0 Å². The third kappa shape index (κ3) is 5.05. The molecule has 12 aromatic rings. The van der Waals surface area contributed by atoms with Crippen LogP contribution in [0, 0.1) is 0 Å². The van der Waals surface area contributed by atoms with E-state index in [0.717, 1.165) is 0 Å². The van der Waals surface area contributed by atoms with Gasteiger partial charge in [0.2, 0.25) is 0 Å². The van der Waals surface area contributed by atoms with Gasteiger partial charge < -0.3 is 4.57 Å². The van der Waals surface area contributed by atoms with Crippen LogP contribution in [0.4, 0.5) is 0 Å². The van der Waals surface area contributed by atoms with Crippen molar-refractivity contribution >= 4 is 84.8 Å². The molecule has 2 heteroatoms. The summed E-state index contributed by atoms with van der Waals surface area (Å²) in [5.74, 6) is 0. The van der Waals surface area contributed by atoms with Crippen molar-refractivity contribution in [1.82, 2.24) is 4.57 Å². The summed E-state index contributed by atoms with van der Waals surface area (Å²) in [5, 5.41) is 15.9. The van der Waals surface area contributed by atoms with E-state index in [2.05, 4.69) is 217 Å². The highest BCUT2D eigenvalue weighted by molar-refractivity contribution is 6.73. The smallest absolute Gasteiger partial charge is 0.0892 e. The third-order valence-electron chi connectivity index (χ3n) is 13.2. The molecule has 278 valence electrons. The molecule has 0 bridgehead atoms. The first-order valence-corrected chi connectivity index (χ1v) is 22.4. The monoisotopic (exact) mass is 775 g/mol. The molecule has 0 unspecified atom stereocenters. The lowest BCUT2D eigenvalue weighted by atomic mass is 9.92. The Morgan fingerprint density at radius 3 is 1.40 bits per heavy atom. The van der Waals surface area contributed by atoms with E-state index in [1.807, 2.05) is 0 Å². The van der Waals surface area contributed by atoms with Gasteiger partial charge in [-0.15, -0.1) is 0 Å². The number of nitrogens with zero attached hydrogens (tertiary/aromatic N) is 1. The molecule has 1 nitrogen and oxygen atoms in total. The third-order valence-corrected chi connectivity index (χ3v) is 15.1. The van der Waals surface area contributed by atoms with Crippen LogP contribution in [0.5, 0.6) is 0 Å². The summed E-state index contributed by atoms with van der Waals surface area (Å²) < 4.78 is 2.51. The summed E-state index contributed by atoms with van der Waals surface area (Å²) in [6.45, 7) is 0. The quantitative estimate of drug-likeness (QED) is 0.124. The van der Waals surface area contributed by atoms with Crippen LogP contribution in [0.25, 0.3) is 115 Å². The van der Waals surface area contributed by atoms with E-state index in [1.165, 1.54) is 125 Å². The Labute approximate surface area is 350 Å². The van der Waals surface area contributed by atoms with Crippen LogP contribution in [0.15, 0.2) is 212 Å². The highest BCUT2D eigenvalue weighted by atomic mass is 28.2. The second-order valence-electron chi connectivity index (χ2n) is 16.4. The zero-order chi connectivity index (χ0) is 39.3. The average Bonchev–Trinajstić information content (AvgIpc) is 3.85. The van der Waals surface area contributed by atoms with E-state index >= 15 is 0 Å². The predicted octanol–water partition coefficient (Wildman–Crippen LogP) is 13.5. The SMILES string of the molecule is c1ccc2c(-c3ccc4c(c3)c3cc(-c5cccc6ccccc56)ccc3n4-c3ccc4c(c3)[SiH2]c3cc(-c5cc6ccccc6c6ccccc56)ccc3-4)cccc2c1. The van der Waals surface area contributed by atoms with Crippen molar-refractivity contribution in [2.45, 2.75) is 0 Å². The molecule has 0 spiro atoms. The number of hydrogen-bond acceptors (Lipinski definition) is 0. The summed E-state index contributed by atoms with van der Waals surface area (Å²) in [6.07, 6.45) is 0. The van der Waals surface area contributed by atoms with Gasteiger partial charge in [-0.2, -0.15) is 0 Å².